The molecular weight excluding hydrogens is 340 g/mol. The zero-order valence-electron chi connectivity index (χ0n) is 11.9. The molecule has 0 aromatic heterocycles. The van der Waals surface area contributed by atoms with Crippen molar-refractivity contribution in [3.8, 4) is 0 Å². The van der Waals surface area contributed by atoms with Crippen molar-refractivity contribution in [2.75, 3.05) is 0 Å². The highest BCUT2D eigenvalue weighted by molar-refractivity contribution is 9.10. The van der Waals surface area contributed by atoms with Gasteiger partial charge >= 0.3 is 0 Å². The minimum atomic E-state index is -0.140. The number of carbonyl (C=O) groups excluding carboxylic acids is 1. The minimum Gasteiger partial charge on any atom is -0.309 e. The van der Waals surface area contributed by atoms with Gasteiger partial charge in [0.1, 0.15) is 11.5 Å². The van der Waals surface area contributed by atoms with Crippen LogP contribution in [0.3, 0.4) is 0 Å². The van der Waals surface area contributed by atoms with Crippen molar-refractivity contribution in [2.45, 2.75) is 12.8 Å². The van der Waals surface area contributed by atoms with Crippen molar-refractivity contribution >= 4 is 33.7 Å². The number of halogens is 1. The zero-order chi connectivity index (χ0) is 15.4. The topological polar surface area (TPSA) is 41.5 Å². The van der Waals surface area contributed by atoms with Crippen LogP contribution in [0.5, 0.6) is 0 Å². The number of nitrogens with one attached hydrogen (secondary N) is 1. The van der Waals surface area contributed by atoms with E-state index in [-0.39, 0.29) is 5.91 Å². The molecule has 3 nitrogen and oxygen atoms in total. The van der Waals surface area contributed by atoms with Gasteiger partial charge in [0.15, 0.2) is 0 Å². The van der Waals surface area contributed by atoms with Crippen LogP contribution in [0.25, 0.3) is 6.08 Å². The summed E-state index contributed by atoms with van der Waals surface area (Å²) in [4.78, 5) is 16.4. The Hall–Kier alpha value is -2.20. The number of aryl methyl sites for hydroxylation is 1. The van der Waals surface area contributed by atoms with Crippen LogP contribution in [0, 0.1) is 0 Å². The van der Waals surface area contributed by atoms with Gasteiger partial charge in [0.2, 0.25) is 0 Å². The zero-order valence-corrected chi connectivity index (χ0v) is 13.5. The molecule has 2 aromatic carbocycles. The van der Waals surface area contributed by atoms with E-state index in [0.29, 0.717) is 5.70 Å². The van der Waals surface area contributed by atoms with Crippen LogP contribution in [0.15, 0.2) is 69.8 Å². The lowest BCUT2D eigenvalue weighted by molar-refractivity contribution is -0.115. The molecule has 110 valence electrons. The number of amidine groups is 1. The van der Waals surface area contributed by atoms with E-state index in [0.717, 1.165) is 28.7 Å². The molecule has 3 rings (SSSR count). The van der Waals surface area contributed by atoms with Crippen LogP contribution in [0.1, 0.15) is 17.5 Å². The van der Waals surface area contributed by atoms with Crippen molar-refractivity contribution in [3.05, 3.63) is 75.9 Å². The summed E-state index contributed by atoms with van der Waals surface area (Å²) in [6.07, 6.45) is 3.39. The van der Waals surface area contributed by atoms with Crippen molar-refractivity contribution in [3.63, 3.8) is 0 Å². The maximum absolute atomic E-state index is 12.0. The van der Waals surface area contributed by atoms with Gasteiger partial charge in [0, 0.05) is 10.9 Å². The Kier molecular flexibility index (Phi) is 4.49. The maximum Gasteiger partial charge on any atom is 0.275 e. The smallest absolute Gasteiger partial charge is 0.275 e. The van der Waals surface area contributed by atoms with Crippen LogP contribution in [0.4, 0.5) is 0 Å². The van der Waals surface area contributed by atoms with Gasteiger partial charge in [0.25, 0.3) is 5.91 Å². The third-order valence-electron chi connectivity index (χ3n) is 3.44. The Morgan fingerprint density at radius 3 is 2.50 bits per heavy atom. The molecule has 1 N–H and O–H groups in total. The standard InChI is InChI=1S/C18H15BrN2O/c19-15-9-5-4-8-14(15)12-16-18(22)21-17(20-16)11-10-13-6-2-1-3-7-13/h1-9,12H,10-11H2,(H,20,21,22)/b16-12-. The Morgan fingerprint density at radius 2 is 1.73 bits per heavy atom. The summed E-state index contributed by atoms with van der Waals surface area (Å²) in [5.74, 6) is 0.589. The Bertz CT molecular complexity index is 751. The lowest BCUT2D eigenvalue weighted by Crippen LogP contribution is -2.24. The highest BCUT2D eigenvalue weighted by atomic mass is 79.9. The molecule has 0 bridgehead atoms. The van der Waals surface area contributed by atoms with E-state index in [1.54, 1.807) is 6.08 Å². The van der Waals surface area contributed by atoms with Crippen LogP contribution < -0.4 is 5.32 Å². The first kappa shape index (κ1) is 14.7. The fourth-order valence-corrected chi connectivity index (χ4v) is 2.68. The van der Waals surface area contributed by atoms with Gasteiger partial charge in [-0.1, -0.05) is 64.5 Å². The lowest BCUT2D eigenvalue weighted by Gasteiger charge is -2.00. The Morgan fingerprint density at radius 1 is 1.00 bits per heavy atom. The van der Waals surface area contributed by atoms with Crippen molar-refractivity contribution in [1.82, 2.24) is 5.32 Å². The monoisotopic (exact) mass is 354 g/mol. The molecular formula is C18H15BrN2O. The molecule has 2 aromatic rings. The van der Waals surface area contributed by atoms with Crippen molar-refractivity contribution in [1.29, 1.82) is 0 Å². The number of carbonyl (C=O) groups is 1. The summed E-state index contributed by atoms with van der Waals surface area (Å²) in [7, 11) is 0. The van der Waals surface area contributed by atoms with E-state index in [4.69, 9.17) is 0 Å². The SMILES string of the molecule is O=C1NC(CCc2ccccc2)=N/C1=C\c1ccccc1Br. The van der Waals surface area contributed by atoms with E-state index in [2.05, 4.69) is 38.4 Å². The second kappa shape index (κ2) is 6.71. The summed E-state index contributed by atoms with van der Waals surface area (Å²) < 4.78 is 0.947. The Balaban J connectivity index is 1.73. The summed E-state index contributed by atoms with van der Waals surface area (Å²) in [6.45, 7) is 0. The third-order valence-corrected chi connectivity index (χ3v) is 4.16. The molecule has 1 amide bonds. The van der Waals surface area contributed by atoms with Crippen LogP contribution >= 0.6 is 15.9 Å². The van der Waals surface area contributed by atoms with Gasteiger partial charge in [-0.05, 0) is 29.7 Å². The Labute approximate surface area is 137 Å². The largest absolute Gasteiger partial charge is 0.309 e. The second-order valence-electron chi connectivity index (χ2n) is 5.05. The first-order chi connectivity index (χ1) is 10.7. The molecule has 4 heteroatoms. The van der Waals surface area contributed by atoms with Crippen LogP contribution in [-0.4, -0.2) is 11.7 Å². The molecule has 0 saturated carbocycles. The predicted molar refractivity (Wildman–Crippen MR) is 92.5 cm³/mol. The van der Waals surface area contributed by atoms with Gasteiger partial charge in [-0.15, -0.1) is 0 Å². The molecule has 0 aliphatic carbocycles. The molecule has 0 atom stereocenters. The molecule has 22 heavy (non-hydrogen) atoms. The van der Waals surface area contributed by atoms with Gasteiger partial charge in [-0.3, -0.25) is 4.79 Å². The fourth-order valence-electron chi connectivity index (χ4n) is 2.28. The summed E-state index contributed by atoms with van der Waals surface area (Å²) in [5, 5.41) is 2.84. The van der Waals surface area contributed by atoms with E-state index in [1.807, 2.05) is 42.5 Å². The van der Waals surface area contributed by atoms with Gasteiger partial charge in [-0.2, -0.15) is 0 Å². The van der Waals surface area contributed by atoms with Crippen LogP contribution in [-0.2, 0) is 11.2 Å². The van der Waals surface area contributed by atoms with E-state index < -0.39 is 0 Å². The lowest BCUT2D eigenvalue weighted by atomic mass is 10.1. The number of nitrogens with zero attached hydrogens (tertiary/aromatic N) is 1. The van der Waals surface area contributed by atoms with Crippen molar-refractivity contribution in [2.24, 2.45) is 4.99 Å². The van der Waals surface area contributed by atoms with Gasteiger partial charge in [-0.25, -0.2) is 4.99 Å². The van der Waals surface area contributed by atoms with E-state index in [9.17, 15) is 4.79 Å². The molecule has 1 aliphatic heterocycles. The molecule has 0 spiro atoms. The summed E-state index contributed by atoms with van der Waals surface area (Å²) >= 11 is 3.48. The number of rotatable bonds is 4. The minimum absolute atomic E-state index is 0.140. The molecule has 0 fully saturated rings. The van der Waals surface area contributed by atoms with Crippen molar-refractivity contribution < 1.29 is 4.79 Å². The number of hydrogen-bond acceptors (Lipinski definition) is 2. The first-order valence-corrected chi connectivity index (χ1v) is 7.91. The highest BCUT2D eigenvalue weighted by Crippen LogP contribution is 2.21. The molecule has 1 heterocycles. The quantitative estimate of drug-likeness (QED) is 0.829. The van der Waals surface area contributed by atoms with Gasteiger partial charge < -0.3 is 5.32 Å². The predicted octanol–water partition coefficient (Wildman–Crippen LogP) is 3.95. The highest BCUT2D eigenvalue weighted by Gasteiger charge is 2.19. The number of benzene rings is 2. The molecule has 1 aliphatic rings. The number of hydrogen-bond donors (Lipinski definition) is 1. The molecule has 0 saturated heterocycles. The normalized spacial score (nSPS) is 15.8. The fraction of sp³-hybridized carbons (Fsp3) is 0.111. The van der Waals surface area contributed by atoms with E-state index >= 15 is 0 Å². The molecule has 0 radical (unpaired) electrons. The maximum atomic E-state index is 12.0. The third kappa shape index (κ3) is 3.52. The number of amides is 1. The summed E-state index contributed by atoms with van der Waals surface area (Å²) in [6, 6.07) is 18.0. The molecule has 0 unspecified atom stereocenters. The average Bonchev–Trinajstić information content (AvgIpc) is 2.89. The number of aliphatic imine (C=N–C) groups is 1. The van der Waals surface area contributed by atoms with Gasteiger partial charge in [0.05, 0.1) is 0 Å². The second-order valence-corrected chi connectivity index (χ2v) is 5.90. The van der Waals surface area contributed by atoms with E-state index in [1.165, 1.54) is 5.56 Å². The first-order valence-electron chi connectivity index (χ1n) is 7.11. The average molecular weight is 355 g/mol. The summed E-state index contributed by atoms with van der Waals surface area (Å²) in [5.41, 5.74) is 2.64. The van der Waals surface area contributed by atoms with Crippen LogP contribution in [0.2, 0.25) is 0 Å².